The van der Waals surface area contributed by atoms with Crippen LogP contribution in [0.15, 0.2) is 48.5 Å². The van der Waals surface area contributed by atoms with Crippen LogP contribution >= 0.6 is 11.6 Å². The van der Waals surface area contributed by atoms with E-state index in [0.717, 1.165) is 24.1 Å². The van der Waals surface area contributed by atoms with Crippen LogP contribution in [0.2, 0.25) is 5.02 Å². The summed E-state index contributed by atoms with van der Waals surface area (Å²) in [6.45, 7) is 4.30. The largest absolute Gasteiger partial charge is 0.328 e. The molecule has 2 amide bonds. The minimum Gasteiger partial charge on any atom is -0.328 e. The second-order valence-corrected chi connectivity index (χ2v) is 6.88. The average molecular weight is 329 g/mol. The summed E-state index contributed by atoms with van der Waals surface area (Å²) in [5.41, 5.74) is 2.92. The summed E-state index contributed by atoms with van der Waals surface area (Å²) in [4.78, 5) is 12.3. The van der Waals surface area contributed by atoms with Crippen LogP contribution in [0.3, 0.4) is 0 Å². The van der Waals surface area contributed by atoms with Crippen molar-refractivity contribution in [2.45, 2.75) is 38.1 Å². The molecule has 23 heavy (non-hydrogen) atoms. The molecular weight excluding hydrogens is 308 g/mol. The van der Waals surface area contributed by atoms with Crippen molar-refractivity contribution in [1.82, 2.24) is 5.32 Å². The summed E-state index contributed by atoms with van der Waals surface area (Å²) in [6, 6.07) is 15.5. The summed E-state index contributed by atoms with van der Waals surface area (Å²) in [6.07, 6.45) is 1.91. The molecule has 1 aliphatic carbocycles. The van der Waals surface area contributed by atoms with Crippen LogP contribution in [-0.4, -0.2) is 6.03 Å². The van der Waals surface area contributed by atoms with E-state index >= 15 is 0 Å². The van der Waals surface area contributed by atoms with Crippen LogP contribution in [0.1, 0.15) is 43.7 Å². The summed E-state index contributed by atoms with van der Waals surface area (Å²) in [5, 5.41) is 6.71. The van der Waals surface area contributed by atoms with Crippen LogP contribution in [0.4, 0.5) is 10.5 Å². The third-order valence-electron chi connectivity index (χ3n) is 4.33. The van der Waals surface area contributed by atoms with E-state index in [-0.39, 0.29) is 11.6 Å². The van der Waals surface area contributed by atoms with Crippen molar-refractivity contribution >= 4 is 23.3 Å². The van der Waals surface area contributed by atoms with E-state index in [1.54, 1.807) is 0 Å². The lowest BCUT2D eigenvalue weighted by atomic mass is 10.0. The Kier molecular flexibility index (Phi) is 4.31. The number of urea groups is 1. The number of benzene rings is 2. The average Bonchev–Trinajstić information content (AvgIpc) is 3.29. The van der Waals surface area contributed by atoms with Crippen LogP contribution in [0, 0.1) is 0 Å². The molecule has 0 heterocycles. The van der Waals surface area contributed by atoms with E-state index < -0.39 is 0 Å². The summed E-state index contributed by atoms with van der Waals surface area (Å²) < 4.78 is 0. The SMILES string of the molecule is CC(C)c1ccc(NC(=O)NC2(c3ccc(Cl)cc3)CC2)cc1. The molecule has 3 nitrogen and oxygen atoms in total. The number of amides is 2. The van der Waals surface area contributed by atoms with Gasteiger partial charge in [-0.3, -0.25) is 0 Å². The number of rotatable bonds is 4. The van der Waals surface area contributed by atoms with Crippen molar-refractivity contribution in [1.29, 1.82) is 0 Å². The molecule has 1 saturated carbocycles. The van der Waals surface area contributed by atoms with Crippen molar-refractivity contribution in [2.24, 2.45) is 0 Å². The second-order valence-electron chi connectivity index (χ2n) is 6.44. The van der Waals surface area contributed by atoms with Gasteiger partial charge in [-0.2, -0.15) is 0 Å². The van der Waals surface area contributed by atoms with Crippen molar-refractivity contribution in [3.8, 4) is 0 Å². The molecule has 0 aromatic heterocycles. The minimum atomic E-state index is -0.244. The Bertz CT molecular complexity index is 688. The van der Waals surface area contributed by atoms with E-state index in [4.69, 9.17) is 11.6 Å². The van der Waals surface area contributed by atoms with Crippen molar-refractivity contribution in [3.63, 3.8) is 0 Å². The van der Waals surface area contributed by atoms with Gasteiger partial charge in [-0.25, -0.2) is 4.79 Å². The molecule has 0 saturated heterocycles. The fraction of sp³-hybridized carbons (Fsp3) is 0.316. The molecule has 1 aliphatic rings. The first kappa shape index (κ1) is 15.9. The Morgan fingerprint density at radius 2 is 1.65 bits per heavy atom. The number of carbonyl (C=O) groups is 1. The molecule has 0 atom stereocenters. The van der Waals surface area contributed by atoms with Gasteiger partial charge in [0.05, 0.1) is 5.54 Å². The Morgan fingerprint density at radius 3 is 2.17 bits per heavy atom. The molecule has 0 radical (unpaired) electrons. The number of anilines is 1. The monoisotopic (exact) mass is 328 g/mol. The van der Waals surface area contributed by atoms with Crippen molar-refractivity contribution in [2.75, 3.05) is 5.32 Å². The van der Waals surface area contributed by atoms with Gasteiger partial charge in [-0.05, 0) is 54.2 Å². The highest BCUT2D eigenvalue weighted by molar-refractivity contribution is 6.30. The van der Waals surface area contributed by atoms with E-state index in [0.29, 0.717) is 10.9 Å². The molecule has 0 spiro atoms. The first-order valence-electron chi connectivity index (χ1n) is 7.94. The molecule has 0 aliphatic heterocycles. The predicted molar refractivity (Wildman–Crippen MR) is 95.0 cm³/mol. The topological polar surface area (TPSA) is 41.1 Å². The van der Waals surface area contributed by atoms with E-state index in [2.05, 4.69) is 24.5 Å². The zero-order chi connectivity index (χ0) is 16.4. The van der Waals surface area contributed by atoms with Gasteiger partial charge in [0.1, 0.15) is 0 Å². The van der Waals surface area contributed by atoms with Crippen LogP contribution in [-0.2, 0) is 5.54 Å². The molecule has 0 unspecified atom stereocenters. The Labute approximate surface area is 142 Å². The maximum Gasteiger partial charge on any atom is 0.319 e. The van der Waals surface area contributed by atoms with E-state index in [1.165, 1.54) is 5.56 Å². The van der Waals surface area contributed by atoms with Gasteiger partial charge in [0.25, 0.3) is 0 Å². The van der Waals surface area contributed by atoms with Gasteiger partial charge in [0.15, 0.2) is 0 Å². The standard InChI is InChI=1S/C19H21ClN2O/c1-13(2)14-3-9-17(10-4-14)21-18(23)22-19(11-12-19)15-5-7-16(20)8-6-15/h3-10,13H,11-12H2,1-2H3,(H2,21,22,23). The van der Waals surface area contributed by atoms with Crippen LogP contribution in [0.5, 0.6) is 0 Å². The number of carbonyl (C=O) groups excluding carboxylic acids is 1. The molecule has 0 bridgehead atoms. The first-order chi connectivity index (χ1) is 11.0. The Balaban J connectivity index is 1.64. The zero-order valence-corrected chi connectivity index (χ0v) is 14.2. The van der Waals surface area contributed by atoms with Gasteiger partial charge in [0.2, 0.25) is 0 Å². The molecular formula is C19H21ClN2O. The van der Waals surface area contributed by atoms with Crippen molar-refractivity contribution in [3.05, 3.63) is 64.7 Å². The minimum absolute atomic E-state index is 0.172. The summed E-state index contributed by atoms with van der Waals surface area (Å²) >= 11 is 5.93. The lowest BCUT2D eigenvalue weighted by Gasteiger charge is -2.18. The quantitative estimate of drug-likeness (QED) is 0.788. The number of hydrogen-bond donors (Lipinski definition) is 2. The highest BCUT2D eigenvalue weighted by Crippen LogP contribution is 2.45. The van der Waals surface area contributed by atoms with Gasteiger partial charge >= 0.3 is 6.03 Å². The number of hydrogen-bond acceptors (Lipinski definition) is 1. The fourth-order valence-electron chi connectivity index (χ4n) is 2.71. The number of halogens is 1. The summed E-state index contributed by atoms with van der Waals surface area (Å²) in [5.74, 6) is 0.484. The lowest BCUT2D eigenvalue weighted by Crippen LogP contribution is -2.38. The van der Waals surface area contributed by atoms with E-state index in [1.807, 2.05) is 48.5 Å². The van der Waals surface area contributed by atoms with Gasteiger partial charge in [-0.15, -0.1) is 0 Å². The molecule has 3 rings (SSSR count). The zero-order valence-electron chi connectivity index (χ0n) is 13.4. The Morgan fingerprint density at radius 1 is 1.04 bits per heavy atom. The maximum atomic E-state index is 12.3. The molecule has 2 aromatic rings. The van der Waals surface area contributed by atoms with Crippen LogP contribution < -0.4 is 10.6 Å². The van der Waals surface area contributed by atoms with Gasteiger partial charge < -0.3 is 10.6 Å². The predicted octanol–water partition coefficient (Wildman–Crippen LogP) is 5.27. The summed E-state index contributed by atoms with van der Waals surface area (Å²) in [7, 11) is 0. The third-order valence-corrected chi connectivity index (χ3v) is 4.59. The van der Waals surface area contributed by atoms with E-state index in [9.17, 15) is 4.79 Å². The molecule has 2 aromatic carbocycles. The molecule has 4 heteroatoms. The van der Waals surface area contributed by atoms with Gasteiger partial charge in [0, 0.05) is 10.7 Å². The lowest BCUT2D eigenvalue weighted by molar-refractivity contribution is 0.247. The number of nitrogens with one attached hydrogen (secondary N) is 2. The van der Waals surface area contributed by atoms with Crippen molar-refractivity contribution < 1.29 is 4.79 Å². The maximum absolute atomic E-state index is 12.3. The first-order valence-corrected chi connectivity index (χ1v) is 8.31. The fourth-order valence-corrected chi connectivity index (χ4v) is 2.84. The highest BCUT2D eigenvalue weighted by atomic mass is 35.5. The molecule has 1 fully saturated rings. The smallest absolute Gasteiger partial charge is 0.319 e. The highest BCUT2D eigenvalue weighted by Gasteiger charge is 2.45. The Hall–Kier alpha value is -2.00. The normalized spacial score (nSPS) is 15.3. The molecule has 120 valence electrons. The van der Waals surface area contributed by atoms with Gasteiger partial charge in [-0.1, -0.05) is 49.7 Å². The third kappa shape index (κ3) is 3.67. The van der Waals surface area contributed by atoms with Crippen LogP contribution in [0.25, 0.3) is 0 Å². The molecule has 2 N–H and O–H groups in total. The second kappa shape index (κ2) is 6.25.